The van der Waals surface area contributed by atoms with E-state index < -0.39 is 13.1 Å². The average Bonchev–Trinajstić information content (AvgIpc) is 3.37. The number of rotatable bonds is 5. The molecule has 140 valence electrons. The summed E-state index contributed by atoms with van der Waals surface area (Å²) >= 11 is 1.56. The van der Waals surface area contributed by atoms with Gasteiger partial charge in [-0.3, -0.25) is 4.90 Å². The van der Waals surface area contributed by atoms with Gasteiger partial charge < -0.3 is 19.7 Å². The van der Waals surface area contributed by atoms with Gasteiger partial charge in [0.2, 0.25) is 0 Å². The molecule has 0 amide bonds. The molecule has 4 rings (SSSR count). The third-order valence-electron chi connectivity index (χ3n) is 5.81. The highest BCUT2D eigenvalue weighted by Gasteiger charge is 2.54. The molecule has 2 aliphatic heterocycles. The fourth-order valence-electron chi connectivity index (χ4n) is 4.20. The van der Waals surface area contributed by atoms with Crippen LogP contribution >= 0.6 is 11.8 Å². The lowest BCUT2D eigenvalue weighted by atomic mass is 9.77. The highest BCUT2D eigenvalue weighted by molar-refractivity contribution is 7.99. The van der Waals surface area contributed by atoms with Crippen molar-refractivity contribution in [3.8, 4) is 5.75 Å². The summed E-state index contributed by atoms with van der Waals surface area (Å²) in [7, 11) is 1.27. The standard InChI is InChI=1S/C18H25BN2O4S/c1-11-10-20(2)5-6-21(11)7-8-26-15-4-3-12-13-9-14(13)19(24)25-17(12)16(15)18(22)23/h3-4,11,13-14,24H,5-10H2,1-2H3,(H,22,23). The summed E-state index contributed by atoms with van der Waals surface area (Å²) in [6, 6.07) is 4.41. The maximum atomic E-state index is 11.9. The van der Waals surface area contributed by atoms with Crippen LogP contribution in [-0.4, -0.2) is 78.0 Å². The number of carboxylic acid groups (broad SMARTS) is 1. The molecule has 1 saturated carbocycles. The fourth-order valence-corrected chi connectivity index (χ4v) is 5.23. The Bertz CT molecular complexity index is 719. The second-order valence-electron chi connectivity index (χ2n) is 7.67. The summed E-state index contributed by atoms with van der Waals surface area (Å²) in [4.78, 5) is 17.4. The molecular formula is C18H25BN2O4S. The summed E-state index contributed by atoms with van der Waals surface area (Å²) in [6.07, 6.45) is 0.876. The van der Waals surface area contributed by atoms with E-state index in [0.29, 0.717) is 11.8 Å². The number of carbonyl (C=O) groups is 1. The van der Waals surface area contributed by atoms with Gasteiger partial charge in [-0.1, -0.05) is 6.07 Å². The summed E-state index contributed by atoms with van der Waals surface area (Å²) in [5.41, 5.74) is 1.15. The van der Waals surface area contributed by atoms with Crippen LogP contribution in [0.25, 0.3) is 0 Å². The zero-order valence-corrected chi connectivity index (χ0v) is 16.0. The van der Waals surface area contributed by atoms with Gasteiger partial charge in [-0.2, -0.15) is 0 Å². The normalized spacial score (nSPS) is 28.3. The molecule has 2 fully saturated rings. The van der Waals surface area contributed by atoms with Crippen LogP contribution in [0.3, 0.4) is 0 Å². The van der Waals surface area contributed by atoms with E-state index in [1.165, 1.54) is 0 Å². The zero-order valence-electron chi connectivity index (χ0n) is 15.2. The van der Waals surface area contributed by atoms with Gasteiger partial charge in [-0.05, 0) is 37.9 Å². The molecule has 0 bridgehead atoms. The fraction of sp³-hybridized carbons (Fsp3) is 0.611. The first-order valence-corrected chi connectivity index (χ1v) is 10.2. The highest BCUT2D eigenvalue weighted by atomic mass is 32.2. The highest BCUT2D eigenvalue weighted by Crippen LogP contribution is 2.60. The van der Waals surface area contributed by atoms with Gasteiger partial charge in [-0.15, -0.1) is 11.8 Å². The summed E-state index contributed by atoms with van der Waals surface area (Å²) in [5.74, 6) is 0.602. The predicted molar refractivity (Wildman–Crippen MR) is 102 cm³/mol. The minimum atomic E-state index is -0.983. The number of likely N-dealkylation sites (N-methyl/N-ethyl adjacent to an activating group) is 1. The summed E-state index contributed by atoms with van der Waals surface area (Å²) in [6.45, 7) is 6.36. The van der Waals surface area contributed by atoms with Crippen LogP contribution in [0.1, 0.15) is 35.2 Å². The van der Waals surface area contributed by atoms with Crippen molar-refractivity contribution in [1.82, 2.24) is 9.80 Å². The number of aromatic carboxylic acids is 1. The minimum absolute atomic E-state index is 0.126. The molecule has 3 aliphatic rings. The molecule has 26 heavy (non-hydrogen) atoms. The molecule has 2 heterocycles. The third kappa shape index (κ3) is 3.35. The first-order valence-electron chi connectivity index (χ1n) is 9.26. The Kier molecular flexibility index (Phi) is 4.94. The van der Waals surface area contributed by atoms with E-state index >= 15 is 0 Å². The molecule has 1 aromatic carbocycles. The summed E-state index contributed by atoms with van der Waals surface area (Å²) < 4.78 is 5.59. The maximum absolute atomic E-state index is 11.9. The number of hydrogen-bond acceptors (Lipinski definition) is 6. The second-order valence-corrected chi connectivity index (χ2v) is 8.81. The van der Waals surface area contributed by atoms with Crippen LogP contribution in [0.5, 0.6) is 5.75 Å². The van der Waals surface area contributed by atoms with E-state index in [1.807, 2.05) is 12.1 Å². The van der Waals surface area contributed by atoms with Crippen LogP contribution in [-0.2, 0) is 0 Å². The zero-order chi connectivity index (χ0) is 18.4. The van der Waals surface area contributed by atoms with Crippen molar-refractivity contribution in [3.05, 3.63) is 23.3 Å². The number of piperazine rings is 1. The average molecular weight is 376 g/mol. The number of thioether (sulfide) groups is 1. The van der Waals surface area contributed by atoms with Crippen LogP contribution < -0.4 is 4.65 Å². The smallest absolute Gasteiger partial charge is 0.526 e. The van der Waals surface area contributed by atoms with Crippen molar-refractivity contribution >= 4 is 24.8 Å². The van der Waals surface area contributed by atoms with Gasteiger partial charge in [0.05, 0.1) is 0 Å². The lowest BCUT2D eigenvalue weighted by molar-refractivity contribution is 0.0690. The van der Waals surface area contributed by atoms with E-state index in [4.69, 9.17) is 4.65 Å². The maximum Gasteiger partial charge on any atom is 0.526 e. The van der Waals surface area contributed by atoms with Crippen molar-refractivity contribution < 1.29 is 19.6 Å². The molecule has 3 unspecified atom stereocenters. The van der Waals surface area contributed by atoms with Crippen molar-refractivity contribution in [2.45, 2.75) is 36.0 Å². The topological polar surface area (TPSA) is 73.2 Å². The molecule has 0 spiro atoms. The first kappa shape index (κ1) is 18.2. The van der Waals surface area contributed by atoms with Gasteiger partial charge in [0.15, 0.2) is 0 Å². The van der Waals surface area contributed by atoms with Crippen LogP contribution in [0.4, 0.5) is 0 Å². The molecule has 1 aliphatic carbocycles. The molecule has 1 aromatic rings. The van der Waals surface area contributed by atoms with Crippen LogP contribution in [0, 0.1) is 0 Å². The van der Waals surface area contributed by atoms with Crippen molar-refractivity contribution in [2.24, 2.45) is 0 Å². The number of hydrogen-bond donors (Lipinski definition) is 2. The molecule has 1 saturated heterocycles. The van der Waals surface area contributed by atoms with E-state index in [9.17, 15) is 14.9 Å². The summed E-state index contributed by atoms with van der Waals surface area (Å²) in [5, 5.41) is 19.8. The van der Waals surface area contributed by atoms with Crippen molar-refractivity contribution in [3.63, 3.8) is 0 Å². The quantitative estimate of drug-likeness (QED) is 0.600. The SMILES string of the molecule is CC1CN(C)CCN1CCSc1ccc2c(c1C(=O)O)OB(O)C1CC21. The van der Waals surface area contributed by atoms with E-state index in [2.05, 4.69) is 23.8 Å². The Morgan fingerprint density at radius 3 is 2.96 bits per heavy atom. The number of nitrogens with zero attached hydrogens (tertiary/aromatic N) is 2. The lowest BCUT2D eigenvalue weighted by Crippen LogP contribution is -2.50. The van der Waals surface area contributed by atoms with E-state index in [0.717, 1.165) is 48.8 Å². The molecule has 2 N–H and O–H groups in total. The molecule has 6 nitrogen and oxygen atoms in total. The lowest BCUT2D eigenvalue weighted by Gasteiger charge is -2.38. The number of fused-ring (bicyclic) bond motifs is 3. The Morgan fingerprint density at radius 1 is 1.42 bits per heavy atom. The largest absolute Gasteiger partial charge is 0.535 e. The van der Waals surface area contributed by atoms with Crippen LogP contribution in [0.15, 0.2) is 17.0 Å². The number of benzene rings is 1. The monoisotopic (exact) mass is 376 g/mol. The molecule has 3 atom stereocenters. The van der Waals surface area contributed by atoms with Gasteiger partial charge >= 0.3 is 13.1 Å². The van der Waals surface area contributed by atoms with Crippen LogP contribution in [0.2, 0.25) is 5.82 Å². The Hall–Kier alpha value is -1.22. The molecular weight excluding hydrogens is 351 g/mol. The Balaban J connectivity index is 1.47. The Labute approximate surface area is 158 Å². The van der Waals surface area contributed by atoms with Gasteiger partial charge in [0, 0.05) is 48.7 Å². The predicted octanol–water partition coefficient (Wildman–Crippen LogP) is 1.84. The molecule has 0 aromatic heterocycles. The van der Waals surface area contributed by atoms with Crippen molar-refractivity contribution in [1.29, 1.82) is 0 Å². The van der Waals surface area contributed by atoms with E-state index in [-0.39, 0.29) is 17.3 Å². The number of carboxylic acids is 1. The minimum Gasteiger partial charge on any atom is -0.535 e. The first-order chi connectivity index (χ1) is 12.5. The molecule has 8 heteroatoms. The second kappa shape index (κ2) is 7.07. The Morgan fingerprint density at radius 2 is 2.23 bits per heavy atom. The van der Waals surface area contributed by atoms with Gasteiger partial charge in [0.1, 0.15) is 11.3 Å². The van der Waals surface area contributed by atoms with E-state index in [1.54, 1.807) is 11.8 Å². The molecule has 0 radical (unpaired) electrons. The van der Waals surface area contributed by atoms with Gasteiger partial charge in [-0.25, -0.2) is 4.79 Å². The van der Waals surface area contributed by atoms with Crippen molar-refractivity contribution in [2.75, 3.05) is 39.0 Å². The third-order valence-corrected chi connectivity index (χ3v) is 6.85. The van der Waals surface area contributed by atoms with Gasteiger partial charge in [0.25, 0.3) is 0 Å².